The number of sulfonamides is 1. The fraction of sp³-hybridized carbons (Fsp3) is 0.300. The Morgan fingerprint density at radius 3 is 2.60 bits per heavy atom. The van der Waals surface area contributed by atoms with E-state index in [-0.39, 0.29) is 24.1 Å². The summed E-state index contributed by atoms with van der Waals surface area (Å²) in [5.74, 6) is 1.21. The molecule has 0 amide bonds. The van der Waals surface area contributed by atoms with E-state index in [1.807, 2.05) is 0 Å². The largest absolute Gasteiger partial charge is 0.481 e. The predicted octanol–water partition coefficient (Wildman–Crippen LogP) is 2.35. The Morgan fingerprint density at radius 2 is 1.94 bits per heavy atom. The second-order valence-corrected chi connectivity index (χ2v) is 9.72. The molecule has 35 heavy (non-hydrogen) atoms. The molecule has 0 aliphatic heterocycles. The molecule has 2 atom stereocenters. The van der Waals surface area contributed by atoms with Crippen LogP contribution in [0.1, 0.15) is 24.6 Å². The van der Waals surface area contributed by atoms with Crippen LogP contribution in [-0.4, -0.2) is 62.8 Å². The molecule has 0 aliphatic carbocycles. The van der Waals surface area contributed by atoms with Gasteiger partial charge in [-0.2, -0.15) is 0 Å². The van der Waals surface area contributed by atoms with E-state index >= 15 is 0 Å². The summed E-state index contributed by atoms with van der Waals surface area (Å²) in [5.41, 5.74) is 0.416. The first-order valence-electron chi connectivity index (χ1n) is 10.2. The maximum absolute atomic E-state index is 13.3. The number of methoxy groups -OCH3 is 2. The molecule has 0 bridgehead atoms. The highest BCUT2D eigenvalue weighted by Crippen LogP contribution is 2.27. The number of nitrogens with zero attached hydrogens (tertiary/aromatic N) is 7. The third-order valence-corrected chi connectivity index (χ3v) is 6.90. The van der Waals surface area contributed by atoms with Crippen molar-refractivity contribution in [3.05, 3.63) is 59.5 Å². The van der Waals surface area contributed by atoms with Crippen LogP contribution in [0.15, 0.2) is 47.4 Å². The van der Waals surface area contributed by atoms with Gasteiger partial charge in [0.2, 0.25) is 21.9 Å². The minimum Gasteiger partial charge on any atom is -0.481 e. The van der Waals surface area contributed by atoms with Gasteiger partial charge >= 0.3 is 0 Å². The van der Waals surface area contributed by atoms with Gasteiger partial charge in [0.15, 0.2) is 17.4 Å². The molecule has 0 aliphatic rings. The summed E-state index contributed by atoms with van der Waals surface area (Å²) in [7, 11) is -1.21. The van der Waals surface area contributed by atoms with Gasteiger partial charge in [0.1, 0.15) is 17.0 Å². The zero-order valence-corrected chi connectivity index (χ0v) is 20.4. The molecule has 0 spiro atoms. The Labute approximate surface area is 205 Å². The molecule has 0 unspecified atom stereocenters. The minimum absolute atomic E-state index is 0.0558. The van der Waals surface area contributed by atoms with Crippen molar-refractivity contribution in [1.82, 2.24) is 34.9 Å². The first-order chi connectivity index (χ1) is 16.8. The summed E-state index contributed by atoms with van der Waals surface area (Å²) in [6.45, 7) is 1.55. The van der Waals surface area contributed by atoms with Crippen LogP contribution >= 0.6 is 11.6 Å². The molecule has 0 radical (unpaired) electrons. The van der Waals surface area contributed by atoms with Crippen molar-refractivity contribution >= 4 is 27.6 Å². The molecule has 4 aromatic heterocycles. The van der Waals surface area contributed by atoms with Crippen molar-refractivity contribution < 1.29 is 22.4 Å². The van der Waals surface area contributed by atoms with Crippen LogP contribution in [0.25, 0.3) is 11.5 Å². The molecule has 184 valence electrons. The average Bonchev–Trinajstić information content (AvgIpc) is 3.51. The molecule has 4 aromatic rings. The highest BCUT2D eigenvalue weighted by molar-refractivity contribution is 7.93. The monoisotopic (exact) mass is 520 g/mol. The van der Waals surface area contributed by atoms with Crippen molar-refractivity contribution in [2.45, 2.75) is 24.8 Å². The standard InChI is InChI=1S/C20H21ClN8O5S/c1-12(17(33-3)18-22-9-13(21)10-23-18)35(30,31)28-20-27-26-19(15-5-4-6-16(25-15)32-2)29(20)11-14-7-8-24-34-14/h4-10,12,17H,11H2,1-3H3,(H,27,28)/t12-,17-/m0/s1. The zero-order chi connectivity index (χ0) is 25.0. The smallest absolute Gasteiger partial charge is 0.240 e. The lowest BCUT2D eigenvalue weighted by atomic mass is 10.2. The first kappa shape index (κ1) is 24.5. The molecule has 4 heterocycles. The van der Waals surface area contributed by atoms with Crippen LogP contribution in [0.5, 0.6) is 5.88 Å². The summed E-state index contributed by atoms with van der Waals surface area (Å²) in [6.07, 6.45) is 3.23. The van der Waals surface area contributed by atoms with Gasteiger partial charge in [0, 0.05) is 31.6 Å². The lowest BCUT2D eigenvalue weighted by molar-refractivity contribution is 0.0950. The third-order valence-electron chi connectivity index (χ3n) is 5.02. The van der Waals surface area contributed by atoms with E-state index in [9.17, 15) is 8.42 Å². The summed E-state index contributed by atoms with van der Waals surface area (Å²) in [4.78, 5) is 12.5. The van der Waals surface area contributed by atoms with Gasteiger partial charge in [-0.15, -0.1) is 10.2 Å². The van der Waals surface area contributed by atoms with Gasteiger partial charge in [0.25, 0.3) is 0 Å². The number of aromatic nitrogens is 7. The van der Waals surface area contributed by atoms with Crippen LogP contribution in [-0.2, 0) is 21.3 Å². The topological polar surface area (TPSA) is 160 Å². The van der Waals surface area contributed by atoms with Gasteiger partial charge < -0.3 is 14.0 Å². The van der Waals surface area contributed by atoms with E-state index in [4.69, 9.17) is 25.6 Å². The molecule has 13 nitrogen and oxygen atoms in total. The Kier molecular flexibility index (Phi) is 7.23. The van der Waals surface area contributed by atoms with Crippen molar-refractivity contribution in [3.8, 4) is 17.4 Å². The number of nitrogens with one attached hydrogen (secondary N) is 1. The van der Waals surface area contributed by atoms with E-state index < -0.39 is 21.4 Å². The molecule has 1 N–H and O–H groups in total. The molecule has 0 saturated heterocycles. The number of halogens is 1. The second kappa shape index (κ2) is 10.3. The van der Waals surface area contributed by atoms with Crippen molar-refractivity contribution in [2.24, 2.45) is 0 Å². The molecule has 0 aromatic carbocycles. The van der Waals surface area contributed by atoms with Crippen LogP contribution in [0.4, 0.5) is 5.95 Å². The lowest BCUT2D eigenvalue weighted by Crippen LogP contribution is -2.33. The van der Waals surface area contributed by atoms with E-state index in [0.717, 1.165) is 0 Å². The Morgan fingerprint density at radius 1 is 1.17 bits per heavy atom. The zero-order valence-electron chi connectivity index (χ0n) is 18.9. The van der Waals surface area contributed by atoms with Crippen molar-refractivity contribution in [1.29, 1.82) is 0 Å². The van der Waals surface area contributed by atoms with Crippen molar-refractivity contribution in [3.63, 3.8) is 0 Å². The van der Waals surface area contributed by atoms with Gasteiger partial charge in [0.05, 0.1) is 24.9 Å². The highest BCUT2D eigenvalue weighted by atomic mass is 35.5. The molecular weight excluding hydrogens is 500 g/mol. The summed E-state index contributed by atoms with van der Waals surface area (Å²) in [6, 6.07) is 6.75. The first-order valence-corrected chi connectivity index (χ1v) is 12.1. The second-order valence-electron chi connectivity index (χ2n) is 7.25. The number of pyridine rings is 1. The van der Waals surface area contributed by atoms with E-state index in [0.29, 0.717) is 22.4 Å². The number of rotatable bonds is 10. The molecule has 15 heteroatoms. The minimum atomic E-state index is -4.07. The number of hydrogen-bond acceptors (Lipinski definition) is 11. The molecule has 4 rings (SSSR count). The summed E-state index contributed by atoms with van der Waals surface area (Å²) < 4.78 is 46.4. The predicted molar refractivity (Wildman–Crippen MR) is 124 cm³/mol. The van der Waals surface area contributed by atoms with Gasteiger partial charge in [-0.1, -0.05) is 22.8 Å². The SMILES string of the molecule is COc1cccc(-c2nnc(NS(=O)(=O)[C@@H](C)[C@H](OC)c3ncc(Cl)cn3)n2Cc2ccno2)n1. The lowest BCUT2D eigenvalue weighted by Gasteiger charge is -2.22. The fourth-order valence-corrected chi connectivity index (χ4v) is 4.46. The summed E-state index contributed by atoms with van der Waals surface area (Å²) in [5, 5.41) is 11.1. The summed E-state index contributed by atoms with van der Waals surface area (Å²) >= 11 is 5.84. The van der Waals surface area contributed by atoms with Crippen LogP contribution in [0.3, 0.4) is 0 Å². The van der Waals surface area contributed by atoms with Crippen LogP contribution in [0.2, 0.25) is 5.02 Å². The Balaban J connectivity index is 1.69. The van der Waals surface area contributed by atoms with Crippen LogP contribution < -0.4 is 9.46 Å². The number of anilines is 1. The van der Waals surface area contributed by atoms with E-state index in [1.54, 1.807) is 24.3 Å². The van der Waals surface area contributed by atoms with Crippen LogP contribution in [0, 0.1) is 0 Å². The van der Waals surface area contributed by atoms with Gasteiger partial charge in [-0.25, -0.2) is 23.4 Å². The normalized spacial score (nSPS) is 13.4. The maximum atomic E-state index is 13.3. The highest BCUT2D eigenvalue weighted by Gasteiger charge is 2.34. The maximum Gasteiger partial charge on any atom is 0.240 e. The average molecular weight is 521 g/mol. The van der Waals surface area contributed by atoms with E-state index in [1.165, 1.54) is 44.3 Å². The van der Waals surface area contributed by atoms with Gasteiger partial charge in [-0.05, 0) is 13.0 Å². The molecule has 0 saturated carbocycles. The third kappa shape index (κ3) is 5.39. The quantitative estimate of drug-likeness (QED) is 0.326. The van der Waals surface area contributed by atoms with Gasteiger partial charge in [-0.3, -0.25) is 9.29 Å². The molecule has 0 fully saturated rings. The van der Waals surface area contributed by atoms with E-state index in [2.05, 4.69) is 35.0 Å². The number of ether oxygens (including phenoxy) is 2. The Bertz CT molecular complexity index is 1380. The Hall–Kier alpha value is -3.62. The van der Waals surface area contributed by atoms with Crippen molar-refractivity contribution in [2.75, 3.05) is 18.9 Å². The molecular formula is C20H21ClN8O5S. The number of hydrogen-bond donors (Lipinski definition) is 1. The fourth-order valence-electron chi connectivity index (χ4n) is 3.21.